The number of rotatable bonds is 14. The standard InChI is InChI=1S/C30H31F5N5O5P/c1-4-6-14-43-46(41,44-15-7-5-2)45-17-23-26(28-39-36-18-42-28)38-25-13-12-21-22(20-10-8-19(3)9-11-20)16-24(37-27(21)40(23)25)29(31,32)30(33,34)35/h8-13,16,18H,4-7,14-15,17H2,1-3H3. The van der Waals surface area contributed by atoms with Crippen LogP contribution in [0.15, 0.2) is 53.3 Å². The quantitative estimate of drug-likeness (QED) is 0.0651. The Morgan fingerprint density at radius 2 is 1.59 bits per heavy atom. The number of nitrogens with zero attached hydrogens (tertiary/aromatic N) is 5. The fourth-order valence-corrected chi connectivity index (χ4v) is 5.82. The van der Waals surface area contributed by atoms with Crippen molar-refractivity contribution in [3.63, 3.8) is 0 Å². The zero-order chi connectivity index (χ0) is 33.1. The molecule has 246 valence electrons. The van der Waals surface area contributed by atoms with E-state index in [1.807, 2.05) is 20.8 Å². The number of hydrogen-bond acceptors (Lipinski definition) is 9. The Kier molecular flexibility index (Phi) is 9.87. The summed E-state index contributed by atoms with van der Waals surface area (Å²) in [6.45, 7) is 5.24. The summed E-state index contributed by atoms with van der Waals surface area (Å²) >= 11 is 0. The van der Waals surface area contributed by atoms with Crippen LogP contribution in [0.25, 0.3) is 39.4 Å². The van der Waals surface area contributed by atoms with Gasteiger partial charge in [-0.3, -0.25) is 18.0 Å². The van der Waals surface area contributed by atoms with Gasteiger partial charge in [-0.25, -0.2) is 14.5 Å². The summed E-state index contributed by atoms with van der Waals surface area (Å²) < 4.78 is 108. The van der Waals surface area contributed by atoms with Crippen LogP contribution in [-0.2, 0) is 30.7 Å². The highest BCUT2D eigenvalue weighted by Crippen LogP contribution is 2.51. The monoisotopic (exact) mass is 667 g/mol. The Labute approximate surface area is 260 Å². The fourth-order valence-electron chi connectivity index (χ4n) is 4.61. The highest BCUT2D eigenvalue weighted by Gasteiger charge is 2.60. The molecule has 0 fully saturated rings. The molecular formula is C30H31F5N5O5P. The lowest BCUT2D eigenvalue weighted by Gasteiger charge is -2.21. The van der Waals surface area contributed by atoms with E-state index in [1.165, 1.54) is 16.5 Å². The van der Waals surface area contributed by atoms with E-state index in [0.29, 0.717) is 18.4 Å². The van der Waals surface area contributed by atoms with Crippen LogP contribution in [0.1, 0.15) is 56.5 Å². The summed E-state index contributed by atoms with van der Waals surface area (Å²) in [5.41, 5.74) is -0.388. The van der Waals surface area contributed by atoms with Gasteiger partial charge in [-0.1, -0.05) is 56.5 Å². The predicted octanol–water partition coefficient (Wildman–Crippen LogP) is 8.82. The van der Waals surface area contributed by atoms with Gasteiger partial charge in [0.05, 0.1) is 18.9 Å². The molecule has 0 aliphatic heterocycles. The second kappa shape index (κ2) is 13.5. The Morgan fingerprint density at radius 1 is 0.913 bits per heavy atom. The van der Waals surface area contributed by atoms with Crippen LogP contribution < -0.4 is 0 Å². The van der Waals surface area contributed by atoms with Crippen molar-refractivity contribution in [3.8, 4) is 22.7 Å². The number of fused-ring (bicyclic) bond motifs is 3. The number of alkyl halides is 5. The summed E-state index contributed by atoms with van der Waals surface area (Å²) in [7, 11) is -4.17. The molecule has 5 rings (SSSR count). The van der Waals surface area contributed by atoms with E-state index >= 15 is 0 Å². The Morgan fingerprint density at radius 3 is 2.17 bits per heavy atom. The van der Waals surface area contributed by atoms with Gasteiger partial charge in [-0.2, -0.15) is 22.0 Å². The highest BCUT2D eigenvalue weighted by atomic mass is 31.2. The number of aryl methyl sites for hydroxylation is 1. The van der Waals surface area contributed by atoms with E-state index in [0.717, 1.165) is 30.9 Å². The molecule has 46 heavy (non-hydrogen) atoms. The van der Waals surface area contributed by atoms with E-state index in [4.69, 9.17) is 18.0 Å². The number of phosphoric ester groups is 1. The first-order chi connectivity index (χ1) is 21.9. The minimum atomic E-state index is -5.93. The van der Waals surface area contributed by atoms with E-state index in [9.17, 15) is 26.5 Å². The van der Waals surface area contributed by atoms with Crippen LogP contribution in [0.4, 0.5) is 22.0 Å². The minimum absolute atomic E-state index is 0.00494. The van der Waals surface area contributed by atoms with Crippen LogP contribution in [0.5, 0.6) is 0 Å². The number of pyridine rings is 2. The van der Waals surface area contributed by atoms with Gasteiger partial charge in [0.25, 0.3) is 5.89 Å². The molecule has 0 bridgehead atoms. The predicted molar refractivity (Wildman–Crippen MR) is 158 cm³/mol. The van der Waals surface area contributed by atoms with Crippen molar-refractivity contribution in [2.75, 3.05) is 13.2 Å². The second-order valence-corrected chi connectivity index (χ2v) is 12.2. The lowest BCUT2D eigenvalue weighted by atomic mass is 9.99. The van der Waals surface area contributed by atoms with Gasteiger partial charge in [0.2, 0.25) is 6.39 Å². The average molecular weight is 668 g/mol. The molecule has 5 aromatic rings. The largest absolute Gasteiger partial charge is 0.475 e. The zero-order valence-electron chi connectivity index (χ0n) is 25.2. The third kappa shape index (κ3) is 6.82. The van der Waals surface area contributed by atoms with Crippen molar-refractivity contribution >= 4 is 24.5 Å². The minimum Gasteiger partial charge on any atom is -0.422 e. The molecule has 0 amide bonds. The molecule has 0 saturated heterocycles. The van der Waals surface area contributed by atoms with E-state index < -0.39 is 32.2 Å². The maximum Gasteiger partial charge on any atom is 0.475 e. The van der Waals surface area contributed by atoms with Crippen molar-refractivity contribution in [1.82, 2.24) is 24.6 Å². The Balaban J connectivity index is 1.75. The number of halogens is 5. The summed E-state index contributed by atoms with van der Waals surface area (Å²) in [4.78, 5) is 8.34. The second-order valence-electron chi connectivity index (χ2n) is 10.5. The number of imidazole rings is 1. The van der Waals surface area contributed by atoms with Gasteiger partial charge in [-0.05, 0) is 49.1 Å². The SMILES string of the molecule is CCCCOP(=O)(OCCCC)OCc1c(-c2nnco2)nc2ccc3c(-c4ccc(C)cc4)cc(C(F)(F)C(F)(F)F)nc3n12. The number of benzene rings is 1. The molecular weight excluding hydrogens is 636 g/mol. The van der Waals surface area contributed by atoms with Crippen LogP contribution in [0.2, 0.25) is 0 Å². The maximum atomic E-state index is 14.9. The average Bonchev–Trinajstić information content (AvgIpc) is 3.68. The number of aromatic nitrogens is 5. The third-order valence-electron chi connectivity index (χ3n) is 7.10. The molecule has 0 saturated carbocycles. The molecule has 0 unspecified atom stereocenters. The molecule has 0 aliphatic carbocycles. The van der Waals surface area contributed by atoms with Crippen molar-refractivity contribution in [2.45, 2.75) is 65.2 Å². The summed E-state index contributed by atoms with van der Waals surface area (Å²) in [6, 6.07) is 10.4. The van der Waals surface area contributed by atoms with Crippen LogP contribution in [0.3, 0.4) is 0 Å². The molecule has 1 aromatic carbocycles. The van der Waals surface area contributed by atoms with Crippen LogP contribution in [0, 0.1) is 6.92 Å². The first-order valence-corrected chi connectivity index (χ1v) is 16.0. The summed E-state index contributed by atoms with van der Waals surface area (Å²) in [5.74, 6) is -5.41. The van der Waals surface area contributed by atoms with E-state index in [1.54, 1.807) is 24.3 Å². The normalized spacial score (nSPS) is 12.9. The Bertz CT molecular complexity index is 1830. The lowest BCUT2D eigenvalue weighted by Crippen LogP contribution is -2.34. The zero-order valence-corrected chi connectivity index (χ0v) is 26.1. The molecule has 4 aromatic heterocycles. The van der Waals surface area contributed by atoms with Gasteiger partial charge in [-0.15, -0.1) is 10.2 Å². The maximum absolute atomic E-state index is 14.9. The summed E-state index contributed by atoms with van der Waals surface area (Å²) in [6.07, 6.45) is -2.27. The number of hydrogen-bond donors (Lipinski definition) is 0. The number of phosphoric acid groups is 1. The lowest BCUT2D eigenvalue weighted by molar-refractivity contribution is -0.290. The van der Waals surface area contributed by atoms with Crippen molar-refractivity contribution in [1.29, 1.82) is 0 Å². The summed E-state index contributed by atoms with van der Waals surface area (Å²) in [5, 5.41) is 7.78. The molecule has 0 radical (unpaired) electrons. The van der Waals surface area contributed by atoms with Gasteiger partial charge in [0, 0.05) is 5.39 Å². The molecule has 16 heteroatoms. The molecule has 10 nitrogen and oxygen atoms in total. The fraction of sp³-hybridized carbons (Fsp3) is 0.400. The van der Waals surface area contributed by atoms with Gasteiger partial charge >= 0.3 is 19.9 Å². The van der Waals surface area contributed by atoms with Crippen molar-refractivity contribution < 1.29 is 44.5 Å². The third-order valence-corrected chi connectivity index (χ3v) is 8.55. The van der Waals surface area contributed by atoms with Gasteiger partial charge in [0.1, 0.15) is 23.6 Å². The first kappa shape index (κ1) is 33.6. The molecule has 0 atom stereocenters. The molecule has 4 heterocycles. The number of unbranched alkanes of at least 4 members (excludes halogenated alkanes) is 2. The van der Waals surface area contributed by atoms with E-state index in [2.05, 4.69) is 20.2 Å². The highest BCUT2D eigenvalue weighted by molar-refractivity contribution is 7.48. The molecule has 0 aliphatic rings. The van der Waals surface area contributed by atoms with Crippen molar-refractivity contribution in [3.05, 3.63) is 65.8 Å². The smallest absolute Gasteiger partial charge is 0.422 e. The van der Waals surface area contributed by atoms with E-state index in [-0.39, 0.29) is 52.7 Å². The van der Waals surface area contributed by atoms with Crippen LogP contribution >= 0.6 is 7.82 Å². The Hall–Kier alpha value is -3.78. The van der Waals surface area contributed by atoms with Crippen LogP contribution in [-0.4, -0.2) is 44.0 Å². The first-order valence-electron chi connectivity index (χ1n) is 14.6. The topological polar surface area (TPSA) is 114 Å². The molecule has 0 N–H and O–H groups in total. The van der Waals surface area contributed by atoms with Gasteiger partial charge in [0.15, 0.2) is 5.69 Å². The van der Waals surface area contributed by atoms with Gasteiger partial charge < -0.3 is 4.42 Å². The molecule has 0 spiro atoms. The van der Waals surface area contributed by atoms with Crippen molar-refractivity contribution in [2.24, 2.45) is 0 Å².